The molecule has 3 aliphatic rings. The number of amides is 1. The minimum Gasteiger partial charge on any atom is -0.469 e. The first-order valence-corrected chi connectivity index (χ1v) is 8.19. The number of hydrogen-bond acceptors (Lipinski definition) is 4. The van der Waals surface area contributed by atoms with E-state index in [-0.39, 0.29) is 12.0 Å². The molecule has 2 saturated carbocycles. The van der Waals surface area contributed by atoms with Crippen LogP contribution in [0.25, 0.3) is 0 Å². The number of piperazine rings is 1. The summed E-state index contributed by atoms with van der Waals surface area (Å²) in [5, 5.41) is 0. The summed E-state index contributed by atoms with van der Waals surface area (Å²) in [6, 6.07) is 0.254. The normalized spacial score (nSPS) is 32.9. The zero-order valence-corrected chi connectivity index (χ0v) is 13.1. The van der Waals surface area contributed by atoms with E-state index in [0.717, 1.165) is 38.5 Å². The third-order valence-electron chi connectivity index (χ3n) is 5.24. The lowest BCUT2D eigenvalue weighted by Gasteiger charge is -2.40. The van der Waals surface area contributed by atoms with Crippen molar-refractivity contribution in [3.05, 3.63) is 0 Å². The molecule has 0 radical (unpaired) electrons. The van der Waals surface area contributed by atoms with Crippen LogP contribution >= 0.6 is 0 Å². The lowest BCUT2D eigenvalue weighted by molar-refractivity contribution is -0.142. The van der Waals surface area contributed by atoms with Crippen molar-refractivity contribution in [3.63, 3.8) is 0 Å². The maximum absolute atomic E-state index is 12.6. The molecule has 118 valence electrons. The van der Waals surface area contributed by atoms with Crippen molar-refractivity contribution < 1.29 is 14.3 Å². The Kier molecular flexibility index (Phi) is 4.20. The average molecular weight is 294 g/mol. The second kappa shape index (κ2) is 5.95. The van der Waals surface area contributed by atoms with Crippen LogP contribution in [0.1, 0.15) is 32.6 Å². The van der Waals surface area contributed by atoms with Crippen molar-refractivity contribution in [3.8, 4) is 0 Å². The van der Waals surface area contributed by atoms with E-state index in [9.17, 15) is 9.59 Å². The van der Waals surface area contributed by atoms with E-state index in [2.05, 4.69) is 21.5 Å². The molecule has 2 aliphatic carbocycles. The summed E-state index contributed by atoms with van der Waals surface area (Å²) in [4.78, 5) is 28.1. The fourth-order valence-electron chi connectivity index (χ4n) is 3.67. The van der Waals surface area contributed by atoms with Gasteiger partial charge in [0.1, 0.15) is 0 Å². The molecule has 0 aromatic heterocycles. The summed E-state index contributed by atoms with van der Waals surface area (Å²) in [6.45, 7) is 5.39. The topological polar surface area (TPSA) is 49.9 Å². The van der Waals surface area contributed by atoms with Crippen molar-refractivity contribution in [2.75, 3.05) is 33.3 Å². The van der Waals surface area contributed by atoms with Gasteiger partial charge in [-0.25, -0.2) is 0 Å². The van der Waals surface area contributed by atoms with Crippen LogP contribution in [0.2, 0.25) is 0 Å². The second-order valence-electron chi connectivity index (χ2n) is 6.85. The molecule has 0 unspecified atom stereocenters. The van der Waals surface area contributed by atoms with Gasteiger partial charge in [0.05, 0.1) is 13.5 Å². The third kappa shape index (κ3) is 3.39. The molecule has 3 rings (SSSR count). The Labute approximate surface area is 126 Å². The molecule has 5 nitrogen and oxygen atoms in total. The van der Waals surface area contributed by atoms with Gasteiger partial charge in [-0.3, -0.25) is 14.5 Å². The first-order valence-electron chi connectivity index (χ1n) is 8.19. The standard InChI is InChI=1S/C16H26N2O3/c1-11-10-17(6-5-15(19)21-2)7-8-18(11)16(20)14-9-13(14)12-3-4-12/h11-14H,3-10H2,1-2H3/t11-,13+,14-/m1/s1. The summed E-state index contributed by atoms with van der Waals surface area (Å²) in [7, 11) is 1.42. The first-order chi connectivity index (χ1) is 10.1. The highest BCUT2D eigenvalue weighted by atomic mass is 16.5. The van der Waals surface area contributed by atoms with Gasteiger partial charge in [-0.2, -0.15) is 0 Å². The molecular weight excluding hydrogens is 268 g/mol. The number of hydrogen-bond donors (Lipinski definition) is 0. The van der Waals surface area contributed by atoms with Gasteiger partial charge in [0.25, 0.3) is 0 Å². The van der Waals surface area contributed by atoms with E-state index >= 15 is 0 Å². The first kappa shape index (κ1) is 14.8. The summed E-state index contributed by atoms with van der Waals surface area (Å²) in [6.07, 6.45) is 4.24. The Morgan fingerprint density at radius 2 is 2.00 bits per heavy atom. The SMILES string of the molecule is COC(=O)CCN1CCN(C(=O)[C@@H]2C[C@H]2C2CC2)[C@H](C)C1. The molecule has 1 amide bonds. The van der Waals surface area contributed by atoms with Crippen LogP contribution in [0.3, 0.4) is 0 Å². The fourth-order valence-corrected chi connectivity index (χ4v) is 3.67. The van der Waals surface area contributed by atoms with E-state index < -0.39 is 0 Å². The number of rotatable bonds is 5. The summed E-state index contributed by atoms with van der Waals surface area (Å²) in [5.41, 5.74) is 0. The number of carbonyl (C=O) groups is 2. The van der Waals surface area contributed by atoms with Gasteiger partial charge in [0.15, 0.2) is 0 Å². The lowest BCUT2D eigenvalue weighted by Crippen LogP contribution is -2.54. The number of ether oxygens (including phenoxy) is 1. The van der Waals surface area contributed by atoms with Gasteiger partial charge in [-0.05, 0) is 38.0 Å². The fraction of sp³-hybridized carbons (Fsp3) is 0.875. The molecule has 0 bridgehead atoms. The molecule has 3 fully saturated rings. The Morgan fingerprint density at radius 3 is 2.62 bits per heavy atom. The zero-order valence-electron chi connectivity index (χ0n) is 13.1. The third-order valence-corrected chi connectivity index (χ3v) is 5.24. The molecule has 1 saturated heterocycles. The number of nitrogens with zero attached hydrogens (tertiary/aromatic N) is 2. The molecule has 3 atom stereocenters. The summed E-state index contributed by atoms with van der Waals surface area (Å²) < 4.78 is 4.68. The van der Waals surface area contributed by atoms with Crippen LogP contribution in [0.5, 0.6) is 0 Å². The monoisotopic (exact) mass is 294 g/mol. The van der Waals surface area contributed by atoms with Gasteiger partial charge in [-0.1, -0.05) is 0 Å². The predicted molar refractivity (Wildman–Crippen MR) is 78.6 cm³/mol. The zero-order chi connectivity index (χ0) is 15.0. The van der Waals surface area contributed by atoms with E-state index in [1.54, 1.807) is 0 Å². The van der Waals surface area contributed by atoms with Crippen molar-refractivity contribution in [2.24, 2.45) is 17.8 Å². The van der Waals surface area contributed by atoms with Crippen LogP contribution in [0, 0.1) is 17.8 Å². The highest BCUT2D eigenvalue weighted by Crippen LogP contribution is 2.55. The molecule has 21 heavy (non-hydrogen) atoms. The van der Waals surface area contributed by atoms with Gasteiger partial charge >= 0.3 is 5.97 Å². The highest BCUT2D eigenvalue weighted by molar-refractivity contribution is 5.82. The predicted octanol–water partition coefficient (Wildman–Crippen LogP) is 1.13. The largest absolute Gasteiger partial charge is 0.469 e. The molecule has 0 aromatic rings. The second-order valence-corrected chi connectivity index (χ2v) is 6.85. The van der Waals surface area contributed by atoms with Crippen molar-refractivity contribution in [1.82, 2.24) is 9.80 Å². The Bertz CT molecular complexity index is 422. The van der Waals surface area contributed by atoms with E-state index in [1.807, 2.05) is 0 Å². The van der Waals surface area contributed by atoms with Crippen LogP contribution in [-0.2, 0) is 14.3 Å². The van der Waals surface area contributed by atoms with Gasteiger partial charge in [-0.15, -0.1) is 0 Å². The Balaban J connectivity index is 1.44. The molecule has 5 heteroatoms. The molecule has 1 aliphatic heterocycles. The lowest BCUT2D eigenvalue weighted by atomic mass is 10.1. The van der Waals surface area contributed by atoms with Crippen LogP contribution in [0.4, 0.5) is 0 Å². The highest BCUT2D eigenvalue weighted by Gasteiger charge is 2.52. The molecule has 0 N–H and O–H groups in total. The van der Waals surface area contributed by atoms with Gasteiger partial charge < -0.3 is 9.64 Å². The Morgan fingerprint density at radius 1 is 1.24 bits per heavy atom. The maximum atomic E-state index is 12.6. The van der Waals surface area contributed by atoms with Gasteiger partial charge in [0.2, 0.25) is 5.91 Å². The van der Waals surface area contributed by atoms with Crippen LogP contribution < -0.4 is 0 Å². The van der Waals surface area contributed by atoms with E-state index in [1.165, 1.54) is 20.0 Å². The quantitative estimate of drug-likeness (QED) is 0.713. The Hall–Kier alpha value is -1.10. The smallest absolute Gasteiger partial charge is 0.306 e. The van der Waals surface area contributed by atoms with Crippen LogP contribution in [-0.4, -0.2) is 61.0 Å². The number of esters is 1. The van der Waals surface area contributed by atoms with Crippen molar-refractivity contribution in [1.29, 1.82) is 0 Å². The maximum Gasteiger partial charge on any atom is 0.306 e. The molecule has 1 heterocycles. The van der Waals surface area contributed by atoms with E-state index in [0.29, 0.717) is 24.2 Å². The van der Waals surface area contributed by atoms with Crippen LogP contribution in [0.15, 0.2) is 0 Å². The average Bonchev–Trinajstić information content (AvgIpc) is 3.35. The van der Waals surface area contributed by atoms with Gasteiger partial charge in [0, 0.05) is 38.1 Å². The molecule has 0 spiro atoms. The van der Waals surface area contributed by atoms with Crippen molar-refractivity contribution >= 4 is 11.9 Å². The molecular formula is C16H26N2O3. The summed E-state index contributed by atoms with van der Waals surface area (Å²) in [5.74, 6) is 2.10. The van der Waals surface area contributed by atoms with E-state index in [4.69, 9.17) is 0 Å². The molecule has 0 aromatic carbocycles. The minimum absolute atomic E-state index is 0.161. The summed E-state index contributed by atoms with van der Waals surface area (Å²) >= 11 is 0. The number of methoxy groups -OCH3 is 1. The van der Waals surface area contributed by atoms with Crippen molar-refractivity contribution in [2.45, 2.75) is 38.6 Å². The minimum atomic E-state index is -0.161. The number of carbonyl (C=O) groups excluding carboxylic acids is 2.